The van der Waals surface area contributed by atoms with Crippen LogP contribution in [0.5, 0.6) is 0 Å². The van der Waals surface area contributed by atoms with Crippen LogP contribution in [0.3, 0.4) is 0 Å². The average Bonchev–Trinajstić information content (AvgIpc) is 2.62. The zero-order chi connectivity index (χ0) is 17.2. The fourth-order valence-electron chi connectivity index (χ4n) is 3.28. The van der Waals surface area contributed by atoms with Gasteiger partial charge in [-0.25, -0.2) is 9.97 Å². The molecule has 1 saturated heterocycles. The van der Waals surface area contributed by atoms with Gasteiger partial charge in [0.15, 0.2) is 11.6 Å². The third-order valence-electron chi connectivity index (χ3n) is 4.82. The van der Waals surface area contributed by atoms with Crippen LogP contribution in [0.1, 0.15) is 18.4 Å². The van der Waals surface area contributed by atoms with Crippen LogP contribution in [0.4, 0.5) is 17.3 Å². The molecule has 0 atom stereocenters. The van der Waals surface area contributed by atoms with Crippen molar-refractivity contribution in [3.63, 3.8) is 0 Å². The minimum atomic E-state index is -0.0163. The third kappa shape index (κ3) is 3.25. The summed E-state index contributed by atoms with van der Waals surface area (Å²) in [6.07, 6.45) is 3.41. The minimum absolute atomic E-state index is 0.0163. The van der Waals surface area contributed by atoms with Crippen LogP contribution in [0.15, 0.2) is 30.6 Å². The molecule has 2 heterocycles. The third-order valence-corrected chi connectivity index (χ3v) is 5.61. The topological polar surface area (TPSA) is 93.1 Å². The predicted molar refractivity (Wildman–Crippen MR) is 108 cm³/mol. The second-order valence-electron chi connectivity index (χ2n) is 6.03. The molecule has 1 aliphatic rings. The van der Waals surface area contributed by atoms with Crippen molar-refractivity contribution in [2.75, 3.05) is 33.8 Å². The number of nitrogen functional groups attached to an aromatic ring is 1. The Morgan fingerprint density at radius 3 is 2.46 bits per heavy atom. The first-order chi connectivity index (χ1) is 11.6. The van der Waals surface area contributed by atoms with E-state index in [9.17, 15) is 0 Å². The number of aromatic nitrogens is 2. The Hall–Kier alpha value is -1.32. The van der Waals surface area contributed by atoms with Crippen LogP contribution in [0.25, 0.3) is 0 Å². The van der Waals surface area contributed by atoms with Gasteiger partial charge in [0, 0.05) is 30.1 Å². The molecule has 0 aliphatic carbocycles. The molecule has 1 fully saturated rings. The van der Waals surface area contributed by atoms with Crippen LogP contribution in [0, 0.1) is 0 Å². The molecule has 8 heteroatoms. The van der Waals surface area contributed by atoms with E-state index in [-0.39, 0.29) is 5.41 Å². The molecule has 128 valence electrons. The summed E-state index contributed by atoms with van der Waals surface area (Å²) in [6, 6.07) is 8.05. The van der Waals surface area contributed by atoms with Gasteiger partial charge in [0.25, 0.3) is 0 Å². The van der Waals surface area contributed by atoms with Gasteiger partial charge in [0.05, 0.1) is 22.9 Å². The molecule has 0 amide bonds. The number of hydrogen-bond acceptors (Lipinski definition) is 6. The second-order valence-corrected chi connectivity index (χ2v) is 7.01. The maximum Gasteiger partial charge on any atom is 0.158 e. The van der Waals surface area contributed by atoms with E-state index >= 15 is 0 Å². The Labute approximate surface area is 160 Å². The highest BCUT2D eigenvalue weighted by Crippen LogP contribution is 2.38. The van der Waals surface area contributed by atoms with Gasteiger partial charge < -0.3 is 19.9 Å². The summed E-state index contributed by atoms with van der Waals surface area (Å²) < 4.78 is 3.07. The monoisotopic (exact) mass is 458 g/mol. The highest BCUT2D eigenvalue weighted by Gasteiger charge is 2.36. The van der Waals surface area contributed by atoms with Gasteiger partial charge in [-0.1, -0.05) is 23.7 Å². The largest absolute Gasteiger partial charge is 0.382 e. The Bertz CT molecular complexity index is 700. The van der Waals surface area contributed by atoms with Gasteiger partial charge >= 0.3 is 0 Å². The van der Waals surface area contributed by atoms with E-state index in [1.807, 2.05) is 12.1 Å². The van der Waals surface area contributed by atoms with Gasteiger partial charge in [-0.05, 0) is 30.5 Å². The fourth-order valence-corrected chi connectivity index (χ4v) is 3.92. The SMILES string of the molecule is NCC1(c2ccc(Cl)cc2)CCN(c2ncnc(N)c2NI)CC1. The second kappa shape index (κ2) is 7.28. The highest BCUT2D eigenvalue weighted by molar-refractivity contribution is 14.1. The summed E-state index contributed by atoms with van der Waals surface area (Å²) >= 11 is 8.08. The van der Waals surface area contributed by atoms with E-state index in [0.29, 0.717) is 12.4 Å². The maximum absolute atomic E-state index is 6.16. The highest BCUT2D eigenvalue weighted by atomic mass is 127. The molecule has 0 radical (unpaired) electrons. The maximum atomic E-state index is 6.16. The average molecular weight is 459 g/mol. The first kappa shape index (κ1) is 17.5. The van der Waals surface area contributed by atoms with Crippen molar-refractivity contribution in [3.8, 4) is 0 Å². The summed E-state index contributed by atoms with van der Waals surface area (Å²) in [5.41, 5.74) is 14.1. The molecule has 1 aromatic carbocycles. The molecular weight excluding hydrogens is 439 g/mol. The van der Waals surface area contributed by atoms with Gasteiger partial charge in [-0.3, -0.25) is 0 Å². The molecule has 2 aromatic rings. The lowest BCUT2D eigenvalue weighted by Gasteiger charge is -2.42. The quantitative estimate of drug-likeness (QED) is 0.482. The van der Waals surface area contributed by atoms with E-state index in [4.69, 9.17) is 23.1 Å². The molecule has 1 aliphatic heterocycles. The van der Waals surface area contributed by atoms with Crippen molar-refractivity contribution in [2.45, 2.75) is 18.3 Å². The molecule has 24 heavy (non-hydrogen) atoms. The number of anilines is 3. The number of nitrogens with zero attached hydrogens (tertiary/aromatic N) is 3. The van der Waals surface area contributed by atoms with E-state index < -0.39 is 0 Å². The van der Waals surface area contributed by atoms with Crippen LogP contribution < -0.4 is 19.9 Å². The van der Waals surface area contributed by atoms with Crippen LogP contribution in [-0.4, -0.2) is 29.6 Å². The van der Waals surface area contributed by atoms with Crippen LogP contribution >= 0.6 is 34.5 Å². The summed E-state index contributed by atoms with van der Waals surface area (Å²) in [7, 11) is 0. The van der Waals surface area contributed by atoms with Crippen molar-refractivity contribution in [1.82, 2.24) is 9.97 Å². The number of nitrogens with one attached hydrogen (secondary N) is 1. The van der Waals surface area contributed by atoms with E-state index in [1.165, 1.54) is 11.9 Å². The number of hydrogen-bond donors (Lipinski definition) is 3. The normalized spacial score (nSPS) is 16.9. The Balaban J connectivity index is 1.82. The molecule has 3 rings (SSSR count). The number of nitrogens with two attached hydrogens (primary N) is 2. The van der Waals surface area contributed by atoms with Crippen molar-refractivity contribution >= 4 is 51.8 Å². The van der Waals surface area contributed by atoms with Crippen LogP contribution in [-0.2, 0) is 5.41 Å². The Kier molecular flexibility index (Phi) is 5.31. The van der Waals surface area contributed by atoms with Crippen molar-refractivity contribution in [1.29, 1.82) is 0 Å². The number of benzene rings is 1. The zero-order valence-corrected chi connectivity index (χ0v) is 16.1. The molecule has 6 nitrogen and oxygen atoms in total. The first-order valence-corrected chi connectivity index (χ1v) is 9.23. The van der Waals surface area contributed by atoms with E-state index in [1.54, 1.807) is 0 Å². The minimum Gasteiger partial charge on any atom is -0.382 e. The van der Waals surface area contributed by atoms with Crippen LogP contribution in [0.2, 0.25) is 5.02 Å². The molecule has 0 unspecified atom stereocenters. The van der Waals surface area contributed by atoms with Gasteiger partial charge in [0.2, 0.25) is 0 Å². The Morgan fingerprint density at radius 2 is 1.88 bits per heavy atom. The zero-order valence-electron chi connectivity index (χ0n) is 13.2. The van der Waals surface area contributed by atoms with Crippen molar-refractivity contribution in [3.05, 3.63) is 41.2 Å². The first-order valence-electron chi connectivity index (χ1n) is 7.78. The van der Waals surface area contributed by atoms with Crippen molar-refractivity contribution in [2.24, 2.45) is 5.73 Å². The summed E-state index contributed by atoms with van der Waals surface area (Å²) in [5, 5.41) is 0.748. The molecule has 0 spiro atoms. The van der Waals surface area contributed by atoms with E-state index in [0.717, 1.165) is 42.5 Å². The van der Waals surface area contributed by atoms with Gasteiger partial charge in [0.1, 0.15) is 12.0 Å². The van der Waals surface area contributed by atoms with E-state index in [2.05, 4.69) is 53.4 Å². The molecule has 5 N–H and O–H groups in total. The number of piperidine rings is 1. The Morgan fingerprint density at radius 1 is 1.21 bits per heavy atom. The standard InChI is InChI=1S/C16H20ClIN6/c17-12-3-1-11(2-4-12)16(9-19)5-7-24(8-6-16)15-13(23-18)14(20)21-10-22-15/h1-4,10,23H,5-9,19H2,(H2,20,21,22). The predicted octanol–water partition coefficient (Wildman–Crippen LogP) is 2.97. The summed E-state index contributed by atoms with van der Waals surface area (Å²) in [4.78, 5) is 10.7. The van der Waals surface area contributed by atoms with Gasteiger partial charge in [-0.2, -0.15) is 0 Å². The lowest BCUT2D eigenvalue weighted by atomic mass is 9.73. The number of rotatable bonds is 4. The fraction of sp³-hybridized carbons (Fsp3) is 0.375. The van der Waals surface area contributed by atoms with Gasteiger partial charge in [-0.15, -0.1) is 0 Å². The molecule has 0 saturated carbocycles. The summed E-state index contributed by atoms with van der Waals surface area (Å²) in [5.74, 6) is 1.31. The molecular formula is C16H20ClIN6. The lowest BCUT2D eigenvalue weighted by molar-refractivity contribution is 0.339. The lowest BCUT2D eigenvalue weighted by Crippen LogP contribution is -2.47. The van der Waals surface area contributed by atoms with Crippen molar-refractivity contribution < 1.29 is 0 Å². The number of halogens is 2. The smallest absolute Gasteiger partial charge is 0.158 e. The molecule has 0 bridgehead atoms. The summed E-state index contributed by atoms with van der Waals surface area (Å²) in [6.45, 7) is 2.34. The molecule has 1 aromatic heterocycles.